The van der Waals surface area contributed by atoms with E-state index in [1.165, 1.54) is 24.4 Å². The van der Waals surface area contributed by atoms with Crippen LogP contribution < -0.4 is 26.8 Å². The quantitative estimate of drug-likeness (QED) is 0.268. The Balaban J connectivity index is 1.98. The molecule has 160 valence electrons. The van der Waals surface area contributed by atoms with Crippen molar-refractivity contribution in [3.05, 3.63) is 35.9 Å². The van der Waals surface area contributed by atoms with E-state index in [0.717, 1.165) is 0 Å². The summed E-state index contributed by atoms with van der Waals surface area (Å²) in [6.45, 7) is 2.06. The third-order valence-electron chi connectivity index (χ3n) is 4.46. The summed E-state index contributed by atoms with van der Waals surface area (Å²) in [5.74, 6) is 5.44. The number of nitrogens with one attached hydrogen (secondary N) is 1. The number of methoxy groups -OCH3 is 1. The third kappa shape index (κ3) is 6.44. The normalized spacial score (nSPS) is 14.6. The largest absolute Gasteiger partial charge is 0.474 e. The molecule has 0 unspecified atom stereocenters. The minimum absolute atomic E-state index is 0.0909. The fraction of sp³-hybridized carbons (Fsp3) is 0.444. The van der Waals surface area contributed by atoms with Crippen molar-refractivity contribution in [3.63, 3.8) is 0 Å². The van der Waals surface area contributed by atoms with Gasteiger partial charge in [-0.25, -0.2) is 10.2 Å². The van der Waals surface area contributed by atoms with Crippen LogP contribution in [0.25, 0.3) is 0 Å². The van der Waals surface area contributed by atoms with E-state index >= 15 is 0 Å². The lowest BCUT2D eigenvalue weighted by atomic mass is 10.2. The minimum atomic E-state index is -0.418. The standard InChI is InChI=1S/C18H27FN6O3S/c1-28-18(29)22-11-13(20)12-25(21)14-2-3-16(15(19)10-14)23-5-7-24(8-6-23)17(27)4-9-26/h2-3,10,12,26H,4-9,11,20-21H2,1H3,(H,22,29)/b13-12-. The van der Waals surface area contributed by atoms with Crippen LogP contribution in [0.15, 0.2) is 30.1 Å². The van der Waals surface area contributed by atoms with Crippen LogP contribution in [0, 0.1) is 5.82 Å². The minimum Gasteiger partial charge on any atom is -0.474 e. The lowest BCUT2D eigenvalue weighted by Crippen LogP contribution is -2.49. The number of carbonyl (C=O) groups is 1. The van der Waals surface area contributed by atoms with Crippen molar-refractivity contribution in [3.8, 4) is 0 Å². The summed E-state index contributed by atoms with van der Waals surface area (Å²) in [6, 6.07) is 4.67. The molecule has 1 heterocycles. The Labute approximate surface area is 174 Å². The number of halogens is 1. The number of piperazine rings is 1. The molecular formula is C18H27FN6O3S. The van der Waals surface area contributed by atoms with E-state index in [1.54, 1.807) is 17.0 Å². The zero-order valence-electron chi connectivity index (χ0n) is 16.3. The molecule has 1 saturated heterocycles. The molecule has 1 aromatic rings. The number of nitrogens with zero attached hydrogens (tertiary/aromatic N) is 3. The van der Waals surface area contributed by atoms with Gasteiger partial charge in [0.05, 0.1) is 31.6 Å². The number of aliphatic hydroxyl groups excluding tert-OH is 1. The average molecular weight is 427 g/mol. The van der Waals surface area contributed by atoms with E-state index in [-0.39, 0.29) is 30.7 Å². The maximum absolute atomic E-state index is 14.7. The summed E-state index contributed by atoms with van der Waals surface area (Å²) in [5.41, 5.74) is 7.14. The van der Waals surface area contributed by atoms with E-state index in [2.05, 4.69) is 5.32 Å². The lowest BCUT2D eigenvalue weighted by Gasteiger charge is -2.36. The van der Waals surface area contributed by atoms with Crippen LogP contribution >= 0.6 is 12.2 Å². The van der Waals surface area contributed by atoms with Crippen LogP contribution in [-0.2, 0) is 9.53 Å². The molecule has 1 aliphatic rings. The first-order valence-corrected chi connectivity index (χ1v) is 9.51. The van der Waals surface area contributed by atoms with Crippen molar-refractivity contribution in [2.75, 3.05) is 56.3 Å². The van der Waals surface area contributed by atoms with Gasteiger partial charge < -0.3 is 30.7 Å². The van der Waals surface area contributed by atoms with Gasteiger partial charge in [0.25, 0.3) is 5.17 Å². The number of ether oxygens (including phenoxy) is 1. The van der Waals surface area contributed by atoms with Gasteiger partial charge in [0.2, 0.25) is 5.91 Å². The summed E-state index contributed by atoms with van der Waals surface area (Å²) in [7, 11) is 1.45. The van der Waals surface area contributed by atoms with Gasteiger partial charge in [-0.3, -0.25) is 9.80 Å². The molecule has 0 radical (unpaired) electrons. The fourth-order valence-corrected chi connectivity index (χ4v) is 2.98. The van der Waals surface area contributed by atoms with Gasteiger partial charge in [-0.05, 0) is 24.4 Å². The topological polar surface area (TPSA) is 120 Å². The van der Waals surface area contributed by atoms with Crippen LogP contribution in [0.3, 0.4) is 0 Å². The molecule has 0 aromatic heterocycles. The van der Waals surface area contributed by atoms with E-state index in [9.17, 15) is 9.18 Å². The van der Waals surface area contributed by atoms with Gasteiger partial charge in [0.15, 0.2) is 0 Å². The van der Waals surface area contributed by atoms with Crippen LogP contribution in [0.4, 0.5) is 15.8 Å². The number of hydrogen-bond acceptors (Lipinski definition) is 8. The van der Waals surface area contributed by atoms with Crippen molar-refractivity contribution < 1.29 is 19.0 Å². The predicted octanol–water partition coefficient (Wildman–Crippen LogP) is -0.142. The molecule has 11 heteroatoms. The Morgan fingerprint density at radius 1 is 1.41 bits per heavy atom. The summed E-state index contributed by atoms with van der Waals surface area (Å²) in [6.07, 6.45) is 1.57. The van der Waals surface area contributed by atoms with Crippen molar-refractivity contribution in [2.45, 2.75) is 6.42 Å². The highest BCUT2D eigenvalue weighted by atomic mass is 32.1. The molecule has 1 fully saturated rings. The van der Waals surface area contributed by atoms with Crippen molar-refractivity contribution in [1.82, 2.24) is 10.2 Å². The zero-order chi connectivity index (χ0) is 21.4. The molecule has 29 heavy (non-hydrogen) atoms. The fourth-order valence-electron chi connectivity index (χ4n) is 2.91. The summed E-state index contributed by atoms with van der Waals surface area (Å²) >= 11 is 4.86. The summed E-state index contributed by atoms with van der Waals surface area (Å²) < 4.78 is 19.5. The van der Waals surface area contributed by atoms with Crippen LogP contribution in [-0.4, -0.2) is 67.5 Å². The van der Waals surface area contributed by atoms with Gasteiger partial charge in [0.1, 0.15) is 5.82 Å². The number of aliphatic hydroxyl groups is 1. The highest BCUT2D eigenvalue weighted by Gasteiger charge is 2.22. The molecular weight excluding hydrogens is 399 g/mol. The number of carbonyl (C=O) groups excluding carboxylic acids is 1. The van der Waals surface area contributed by atoms with Crippen LogP contribution in [0.5, 0.6) is 0 Å². The Hall–Kier alpha value is -2.63. The highest BCUT2D eigenvalue weighted by molar-refractivity contribution is 7.80. The number of amides is 1. The van der Waals surface area contributed by atoms with Crippen molar-refractivity contribution >= 4 is 34.7 Å². The molecule has 0 saturated carbocycles. The molecule has 0 aliphatic carbocycles. The Kier molecular flexibility index (Phi) is 8.43. The number of hydrogen-bond donors (Lipinski definition) is 4. The maximum Gasteiger partial charge on any atom is 0.256 e. The van der Waals surface area contributed by atoms with Crippen molar-refractivity contribution in [1.29, 1.82) is 0 Å². The highest BCUT2D eigenvalue weighted by Crippen LogP contribution is 2.25. The first kappa shape index (κ1) is 22.7. The van der Waals surface area contributed by atoms with E-state index in [0.29, 0.717) is 43.3 Å². The SMILES string of the molecule is COC(=S)NC/C(N)=C/N(N)c1ccc(N2CCN(C(=O)CCO)CC2)c(F)c1. The molecule has 0 atom stereocenters. The monoisotopic (exact) mass is 426 g/mol. The number of benzene rings is 1. The van der Waals surface area contributed by atoms with Gasteiger partial charge >= 0.3 is 0 Å². The number of nitrogens with two attached hydrogens (primary N) is 2. The Morgan fingerprint density at radius 2 is 2.10 bits per heavy atom. The summed E-state index contributed by atoms with van der Waals surface area (Å²) in [5, 5.41) is 13.1. The zero-order valence-corrected chi connectivity index (χ0v) is 17.1. The molecule has 6 N–H and O–H groups in total. The molecule has 9 nitrogen and oxygen atoms in total. The summed E-state index contributed by atoms with van der Waals surface area (Å²) in [4.78, 5) is 15.4. The molecule has 1 amide bonds. The van der Waals surface area contributed by atoms with Crippen molar-refractivity contribution in [2.24, 2.45) is 11.6 Å². The first-order valence-electron chi connectivity index (χ1n) is 9.10. The Bertz CT molecular complexity index is 755. The maximum atomic E-state index is 14.7. The van der Waals surface area contributed by atoms with E-state index in [1.807, 2.05) is 4.90 Å². The second kappa shape index (κ2) is 10.8. The second-order valence-corrected chi connectivity index (χ2v) is 6.80. The number of anilines is 2. The Morgan fingerprint density at radius 3 is 2.69 bits per heavy atom. The molecule has 0 spiro atoms. The van der Waals surface area contributed by atoms with Gasteiger partial charge in [-0.2, -0.15) is 0 Å². The smallest absolute Gasteiger partial charge is 0.256 e. The molecule has 2 rings (SSSR count). The predicted molar refractivity (Wildman–Crippen MR) is 113 cm³/mol. The third-order valence-corrected chi connectivity index (χ3v) is 4.77. The van der Waals surface area contributed by atoms with Crippen LogP contribution in [0.2, 0.25) is 0 Å². The number of hydrazine groups is 1. The molecule has 0 bridgehead atoms. The van der Waals surface area contributed by atoms with E-state index in [4.69, 9.17) is 33.6 Å². The van der Waals surface area contributed by atoms with Gasteiger partial charge in [-0.1, -0.05) is 0 Å². The molecule has 1 aromatic carbocycles. The van der Waals surface area contributed by atoms with Gasteiger partial charge in [-0.15, -0.1) is 0 Å². The first-order chi connectivity index (χ1) is 13.8. The van der Waals surface area contributed by atoms with Crippen LogP contribution in [0.1, 0.15) is 6.42 Å². The molecule has 1 aliphatic heterocycles. The average Bonchev–Trinajstić information content (AvgIpc) is 2.72. The number of thiocarbonyl (C=S) groups is 1. The van der Waals surface area contributed by atoms with E-state index < -0.39 is 5.82 Å². The second-order valence-electron chi connectivity index (χ2n) is 6.43. The lowest BCUT2D eigenvalue weighted by molar-refractivity contribution is -0.132. The van der Waals surface area contributed by atoms with Gasteiger partial charge in [0, 0.05) is 50.6 Å². The number of rotatable bonds is 7.